The molecule has 4 aromatic rings. The Morgan fingerprint density at radius 3 is 2.57 bits per heavy atom. The molecule has 0 radical (unpaired) electrons. The van der Waals surface area contributed by atoms with Crippen LogP contribution in [0.5, 0.6) is 0 Å². The molecule has 150 valence electrons. The number of carbonyl (C=O) groups is 2. The summed E-state index contributed by atoms with van der Waals surface area (Å²) in [5.74, 6) is -2.06. The lowest BCUT2D eigenvalue weighted by Crippen LogP contribution is -2.16. The van der Waals surface area contributed by atoms with E-state index in [1.165, 1.54) is 23.5 Å². The van der Waals surface area contributed by atoms with Gasteiger partial charge >= 0.3 is 0 Å². The molecular formula is C22H17FN4O2S. The highest BCUT2D eigenvalue weighted by Crippen LogP contribution is 2.28. The van der Waals surface area contributed by atoms with Crippen LogP contribution in [0, 0.1) is 5.82 Å². The first-order valence-electron chi connectivity index (χ1n) is 9.07. The molecular weight excluding hydrogens is 403 g/mol. The molecule has 0 bridgehead atoms. The summed E-state index contributed by atoms with van der Waals surface area (Å²) in [6, 6.07) is 17.2. The summed E-state index contributed by atoms with van der Waals surface area (Å²) in [5, 5.41) is 9.21. The van der Waals surface area contributed by atoms with Gasteiger partial charge in [-0.05, 0) is 35.2 Å². The van der Waals surface area contributed by atoms with Crippen LogP contribution in [-0.2, 0) is 6.54 Å². The number of hydrogen-bond acceptors (Lipinski definition) is 4. The smallest absolute Gasteiger partial charge is 0.259 e. The summed E-state index contributed by atoms with van der Waals surface area (Å²) in [6.45, 7) is 0.509. The molecule has 0 aliphatic rings. The lowest BCUT2D eigenvalue weighted by Gasteiger charge is -2.07. The van der Waals surface area contributed by atoms with Crippen LogP contribution >= 0.6 is 11.3 Å². The molecule has 6 nitrogen and oxygen atoms in total. The van der Waals surface area contributed by atoms with Crippen LogP contribution in [0.1, 0.15) is 26.3 Å². The molecule has 30 heavy (non-hydrogen) atoms. The van der Waals surface area contributed by atoms with Gasteiger partial charge in [0.15, 0.2) is 0 Å². The van der Waals surface area contributed by atoms with E-state index < -0.39 is 17.6 Å². The Morgan fingerprint density at radius 1 is 1.07 bits per heavy atom. The molecule has 2 aromatic heterocycles. The molecule has 8 heteroatoms. The summed E-state index contributed by atoms with van der Waals surface area (Å²) in [4.78, 5) is 25.2. The minimum atomic E-state index is -0.904. The van der Waals surface area contributed by atoms with Crippen LogP contribution in [0.25, 0.3) is 10.6 Å². The average Bonchev–Trinajstić information content (AvgIpc) is 3.40. The summed E-state index contributed by atoms with van der Waals surface area (Å²) >= 11 is 1.48. The standard InChI is InChI=1S/C22H17FN4O2S/c23-18-9-8-15(11-16(18)21(24)28)25-22(29)17-13-27(12-14-5-2-1-3-6-14)26-20(17)19-7-4-10-30-19/h1-11,13H,12H2,(H2,24,28)(H,25,29). The van der Waals surface area contributed by atoms with Crippen molar-refractivity contribution in [1.29, 1.82) is 0 Å². The van der Waals surface area contributed by atoms with Gasteiger partial charge < -0.3 is 11.1 Å². The molecule has 0 saturated carbocycles. The fourth-order valence-corrected chi connectivity index (χ4v) is 3.75. The Bertz CT molecular complexity index is 1200. The number of aromatic nitrogens is 2. The minimum absolute atomic E-state index is 0.267. The zero-order chi connectivity index (χ0) is 21.1. The number of carbonyl (C=O) groups excluding carboxylic acids is 2. The van der Waals surface area contributed by atoms with Crippen LogP contribution < -0.4 is 11.1 Å². The quantitative estimate of drug-likeness (QED) is 0.491. The molecule has 0 unspecified atom stereocenters. The Hall–Kier alpha value is -3.78. The molecule has 2 aromatic carbocycles. The highest BCUT2D eigenvalue weighted by molar-refractivity contribution is 7.13. The van der Waals surface area contributed by atoms with Crippen LogP contribution in [0.3, 0.4) is 0 Å². The maximum atomic E-state index is 13.7. The molecule has 0 fully saturated rings. The maximum absolute atomic E-state index is 13.7. The molecule has 2 amide bonds. The Labute approximate surface area is 175 Å². The second kappa shape index (κ2) is 8.30. The van der Waals surface area contributed by atoms with E-state index in [2.05, 4.69) is 10.4 Å². The largest absolute Gasteiger partial charge is 0.366 e. The topological polar surface area (TPSA) is 90.0 Å². The minimum Gasteiger partial charge on any atom is -0.366 e. The van der Waals surface area contributed by atoms with Crippen LogP contribution in [0.15, 0.2) is 72.2 Å². The van der Waals surface area contributed by atoms with Crippen molar-refractivity contribution in [2.24, 2.45) is 5.73 Å². The van der Waals surface area contributed by atoms with Crippen molar-refractivity contribution in [3.8, 4) is 10.6 Å². The number of anilines is 1. The third-order valence-electron chi connectivity index (χ3n) is 4.44. The van der Waals surface area contributed by atoms with Gasteiger partial charge in [0, 0.05) is 11.9 Å². The van der Waals surface area contributed by atoms with E-state index in [4.69, 9.17) is 5.73 Å². The van der Waals surface area contributed by atoms with Gasteiger partial charge in [-0.25, -0.2) is 4.39 Å². The first kappa shape index (κ1) is 19.5. The van der Waals surface area contributed by atoms with E-state index in [0.717, 1.165) is 16.5 Å². The van der Waals surface area contributed by atoms with Gasteiger partial charge in [0.2, 0.25) is 0 Å². The molecule has 0 aliphatic carbocycles. The van der Waals surface area contributed by atoms with E-state index in [1.54, 1.807) is 10.9 Å². The van der Waals surface area contributed by atoms with Crippen molar-refractivity contribution in [1.82, 2.24) is 9.78 Å². The van der Waals surface area contributed by atoms with Crippen molar-refractivity contribution >= 4 is 28.8 Å². The number of nitrogens with one attached hydrogen (secondary N) is 1. The molecule has 0 atom stereocenters. The van der Waals surface area contributed by atoms with Crippen molar-refractivity contribution in [3.05, 3.63) is 94.7 Å². The molecule has 0 aliphatic heterocycles. The first-order valence-corrected chi connectivity index (χ1v) is 9.95. The monoisotopic (exact) mass is 420 g/mol. The van der Waals surface area contributed by atoms with E-state index in [9.17, 15) is 14.0 Å². The van der Waals surface area contributed by atoms with E-state index in [-0.39, 0.29) is 11.3 Å². The lowest BCUT2D eigenvalue weighted by molar-refractivity contribution is 0.0992. The number of primary amides is 1. The van der Waals surface area contributed by atoms with Crippen LogP contribution in [0.4, 0.5) is 10.1 Å². The summed E-state index contributed by atoms with van der Waals surface area (Å²) in [5.41, 5.74) is 7.14. The van der Waals surface area contributed by atoms with Gasteiger partial charge in [-0.1, -0.05) is 36.4 Å². The summed E-state index contributed by atoms with van der Waals surface area (Å²) < 4.78 is 15.4. The van der Waals surface area contributed by atoms with Gasteiger partial charge in [-0.2, -0.15) is 5.10 Å². The summed E-state index contributed by atoms with van der Waals surface area (Å²) in [6.07, 6.45) is 1.68. The normalized spacial score (nSPS) is 10.7. The number of halogens is 1. The number of rotatable bonds is 6. The zero-order valence-corrected chi connectivity index (χ0v) is 16.5. The average molecular weight is 420 g/mol. The Balaban J connectivity index is 1.66. The fraction of sp³-hybridized carbons (Fsp3) is 0.0455. The number of hydrogen-bond donors (Lipinski definition) is 2. The molecule has 3 N–H and O–H groups in total. The number of nitrogens with zero attached hydrogens (tertiary/aromatic N) is 2. The van der Waals surface area contributed by atoms with Crippen molar-refractivity contribution < 1.29 is 14.0 Å². The number of benzene rings is 2. The van der Waals surface area contributed by atoms with Crippen molar-refractivity contribution in [2.45, 2.75) is 6.54 Å². The molecule has 4 rings (SSSR count). The van der Waals surface area contributed by atoms with E-state index in [0.29, 0.717) is 17.8 Å². The van der Waals surface area contributed by atoms with E-state index in [1.807, 2.05) is 47.8 Å². The van der Waals surface area contributed by atoms with Crippen LogP contribution in [-0.4, -0.2) is 21.6 Å². The first-order chi connectivity index (χ1) is 14.5. The SMILES string of the molecule is NC(=O)c1cc(NC(=O)c2cn(Cc3ccccc3)nc2-c2cccs2)ccc1F. The van der Waals surface area contributed by atoms with E-state index >= 15 is 0 Å². The lowest BCUT2D eigenvalue weighted by atomic mass is 10.1. The Kier molecular flexibility index (Phi) is 5.40. The maximum Gasteiger partial charge on any atom is 0.259 e. The third-order valence-corrected chi connectivity index (χ3v) is 5.31. The summed E-state index contributed by atoms with van der Waals surface area (Å²) in [7, 11) is 0. The van der Waals surface area contributed by atoms with Gasteiger partial charge in [0.05, 0.1) is 22.5 Å². The molecule has 0 spiro atoms. The highest BCUT2D eigenvalue weighted by atomic mass is 32.1. The third kappa shape index (κ3) is 4.13. The van der Waals surface area contributed by atoms with Gasteiger partial charge in [0.1, 0.15) is 11.5 Å². The second-order valence-electron chi connectivity index (χ2n) is 6.56. The molecule has 0 saturated heterocycles. The fourth-order valence-electron chi connectivity index (χ4n) is 3.02. The predicted octanol–water partition coefficient (Wildman–Crippen LogP) is 4.15. The van der Waals surface area contributed by atoms with Gasteiger partial charge in [-0.15, -0.1) is 11.3 Å². The number of nitrogens with two attached hydrogens (primary N) is 1. The molecule has 2 heterocycles. The Morgan fingerprint density at radius 2 is 1.87 bits per heavy atom. The number of thiophene rings is 1. The van der Waals surface area contributed by atoms with Crippen LogP contribution in [0.2, 0.25) is 0 Å². The van der Waals surface area contributed by atoms with Gasteiger partial charge in [0.25, 0.3) is 11.8 Å². The van der Waals surface area contributed by atoms with Crippen molar-refractivity contribution in [2.75, 3.05) is 5.32 Å². The zero-order valence-electron chi connectivity index (χ0n) is 15.7. The highest BCUT2D eigenvalue weighted by Gasteiger charge is 2.20. The number of amides is 2. The van der Waals surface area contributed by atoms with Crippen molar-refractivity contribution in [3.63, 3.8) is 0 Å². The predicted molar refractivity (Wildman–Crippen MR) is 114 cm³/mol. The second-order valence-corrected chi connectivity index (χ2v) is 7.51. The van der Waals surface area contributed by atoms with Gasteiger partial charge in [-0.3, -0.25) is 14.3 Å².